The van der Waals surface area contributed by atoms with E-state index in [1.807, 2.05) is 18.4 Å². The predicted molar refractivity (Wildman–Crippen MR) is 82.6 cm³/mol. The van der Waals surface area contributed by atoms with Crippen molar-refractivity contribution in [2.75, 3.05) is 13.6 Å². The van der Waals surface area contributed by atoms with E-state index in [2.05, 4.69) is 6.07 Å². The van der Waals surface area contributed by atoms with Crippen LogP contribution in [0.15, 0.2) is 17.5 Å². The molecule has 2 unspecified atom stereocenters. The number of thiophene rings is 1. The minimum Gasteiger partial charge on any atom is -0.481 e. The number of carbonyl (C=O) groups is 2. The van der Waals surface area contributed by atoms with E-state index in [4.69, 9.17) is 5.11 Å². The van der Waals surface area contributed by atoms with Crippen molar-refractivity contribution in [3.05, 3.63) is 22.4 Å². The van der Waals surface area contributed by atoms with E-state index in [-0.39, 0.29) is 24.5 Å². The maximum absolute atomic E-state index is 12.6. The van der Waals surface area contributed by atoms with E-state index in [1.54, 1.807) is 28.2 Å². The van der Waals surface area contributed by atoms with Crippen LogP contribution < -0.4 is 0 Å². The molecule has 2 amide bonds. The molecule has 6 heteroatoms. The summed E-state index contributed by atoms with van der Waals surface area (Å²) in [6, 6.07) is 3.97. The number of rotatable bonds is 5. The van der Waals surface area contributed by atoms with Crippen LogP contribution in [0, 0.1) is 0 Å². The summed E-state index contributed by atoms with van der Waals surface area (Å²) < 4.78 is 0. The van der Waals surface area contributed by atoms with Crippen LogP contribution in [0.1, 0.15) is 31.1 Å². The van der Waals surface area contributed by atoms with Gasteiger partial charge in [0, 0.05) is 37.0 Å². The van der Waals surface area contributed by atoms with E-state index in [1.165, 1.54) is 4.88 Å². The molecule has 0 spiro atoms. The topological polar surface area (TPSA) is 60.9 Å². The highest BCUT2D eigenvalue weighted by Gasteiger charge is 2.33. The van der Waals surface area contributed by atoms with E-state index in [0.29, 0.717) is 6.54 Å². The lowest BCUT2D eigenvalue weighted by Gasteiger charge is -2.32. The Morgan fingerprint density at radius 2 is 2.33 bits per heavy atom. The summed E-state index contributed by atoms with van der Waals surface area (Å²) in [5.74, 6) is -0.839. The standard InChI is InChI=1S/C15H22N2O3S/c1-11(9-13-6-4-8-21-13)16(2)15(20)17-7-3-5-12(17)10-14(18)19/h4,6,8,11-12H,3,5,7,9-10H2,1-2H3,(H,18,19). The van der Waals surface area contributed by atoms with Gasteiger partial charge in [-0.05, 0) is 31.2 Å². The van der Waals surface area contributed by atoms with E-state index >= 15 is 0 Å². The van der Waals surface area contributed by atoms with Gasteiger partial charge in [-0.15, -0.1) is 11.3 Å². The number of likely N-dealkylation sites (tertiary alicyclic amines) is 1. The molecule has 1 aromatic rings. The third-order valence-corrected chi connectivity index (χ3v) is 4.97. The highest BCUT2D eigenvalue weighted by atomic mass is 32.1. The van der Waals surface area contributed by atoms with Crippen molar-refractivity contribution in [2.24, 2.45) is 0 Å². The summed E-state index contributed by atoms with van der Waals surface area (Å²) in [5, 5.41) is 11.0. The van der Waals surface area contributed by atoms with Gasteiger partial charge < -0.3 is 14.9 Å². The number of amides is 2. The van der Waals surface area contributed by atoms with Crippen LogP contribution in [0.2, 0.25) is 0 Å². The maximum Gasteiger partial charge on any atom is 0.320 e. The average Bonchev–Trinajstić information content (AvgIpc) is 3.08. The molecule has 1 aromatic heterocycles. The third kappa shape index (κ3) is 3.97. The lowest BCUT2D eigenvalue weighted by Crippen LogP contribution is -2.48. The zero-order chi connectivity index (χ0) is 15.4. The van der Waals surface area contributed by atoms with Crippen LogP contribution in [-0.4, -0.2) is 52.6 Å². The Morgan fingerprint density at radius 3 is 2.95 bits per heavy atom. The van der Waals surface area contributed by atoms with Crippen molar-refractivity contribution in [1.82, 2.24) is 9.80 Å². The van der Waals surface area contributed by atoms with Gasteiger partial charge in [-0.1, -0.05) is 6.07 Å². The summed E-state index contributed by atoms with van der Waals surface area (Å²) >= 11 is 1.69. The molecule has 2 heterocycles. The SMILES string of the molecule is CC(Cc1cccs1)N(C)C(=O)N1CCCC1CC(=O)O. The second-order valence-electron chi connectivity index (χ2n) is 5.61. The smallest absolute Gasteiger partial charge is 0.320 e. The molecule has 0 saturated carbocycles. The zero-order valence-electron chi connectivity index (χ0n) is 12.5. The molecule has 1 saturated heterocycles. The maximum atomic E-state index is 12.6. The number of carbonyl (C=O) groups excluding carboxylic acids is 1. The van der Waals surface area contributed by atoms with Crippen molar-refractivity contribution in [3.8, 4) is 0 Å². The Morgan fingerprint density at radius 1 is 1.57 bits per heavy atom. The summed E-state index contributed by atoms with van der Waals surface area (Å²) in [5.41, 5.74) is 0. The molecule has 1 fully saturated rings. The average molecular weight is 310 g/mol. The zero-order valence-corrected chi connectivity index (χ0v) is 13.3. The van der Waals surface area contributed by atoms with Crippen LogP contribution in [0.5, 0.6) is 0 Å². The minimum absolute atomic E-state index is 0.0406. The molecule has 1 aliphatic rings. The molecule has 116 valence electrons. The van der Waals surface area contributed by atoms with Gasteiger partial charge in [-0.2, -0.15) is 0 Å². The van der Waals surface area contributed by atoms with Gasteiger partial charge in [-0.3, -0.25) is 4.79 Å². The summed E-state index contributed by atoms with van der Waals surface area (Å²) in [7, 11) is 1.80. The quantitative estimate of drug-likeness (QED) is 0.909. The monoisotopic (exact) mass is 310 g/mol. The number of aliphatic carboxylic acids is 1. The fraction of sp³-hybridized carbons (Fsp3) is 0.600. The third-order valence-electron chi connectivity index (χ3n) is 4.07. The molecule has 2 atom stereocenters. The van der Waals surface area contributed by atoms with Gasteiger partial charge in [0.05, 0.1) is 6.42 Å². The second-order valence-corrected chi connectivity index (χ2v) is 6.65. The number of nitrogens with zero attached hydrogens (tertiary/aromatic N) is 2. The molecule has 0 bridgehead atoms. The molecule has 0 radical (unpaired) electrons. The van der Waals surface area contributed by atoms with Crippen molar-refractivity contribution < 1.29 is 14.7 Å². The molecular formula is C15H22N2O3S. The van der Waals surface area contributed by atoms with Crippen LogP contribution >= 0.6 is 11.3 Å². The molecule has 1 aliphatic heterocycles. The second kappa shape index (κ2) is 6.93. The van der Waals surface area contributed by atoms with Crippen LogP contribution in [0.25, 0.3) is 0 Å². The Labute approximate surface area is 129 Å². The summed E-state index contributed by atoms with van der Waals surface area (Å²) in [6.07, 6.45) is 2.54. The first-order valence-corrected chi connectivity index (χ1v) is 8.14. The van der Waals surface area contributed by atoms with Gasteiger partial charge >= 0.3 is 12.0 Å². The number of carboxylic acid groups (broad SMARTS) is 1. The Kier molecular flexibility index (Phi) is 5.22. The Hall–Kier alpha value is -1.56. The lowest BCUT2D eigenvalue weighted by atomic mass is 10.1. The molecule has 5 nitrogen and oxygen atoms in total. The predicted octanol–water partition coefficient (Wildman–Crippen LogP) is 2.67. The molecular weight excluding hydrogens is 288 g/mol. The fourth-order valence-corrected chi connectivity index (χ4v) is 3.58. The number of carboxylic acids is 1. The number of urea groups is 1. The number of hydrogen-bond donors (Lipinski definition) is 1. The van der Waals surface area contributed by atoms with Gasteiger partial charge in [0.2, 0.25) is 0 Å². The van der Waals surface area contributed by atoms with Gasteiger partial charge in [0.25, 0.3) is 0 Å². The Bertz CT molecular complexity index is 489. The fourth-order valence-electron chi connectivity index (χ4n) is 2.75. The van der Waals surface area contributed by atoms with E-state index < -0.39 is 5.97 Å². The molecule has 1 N–H and O–H groups in total. The van der Waals surface area contributed by atoms with Crippen molar-refractivity contribution in [3.63, 3.8) is 0 Å². The first-order valence-electron chi connectivity index (χ1n) is 7.26. The van der Waals surface area contributed by atoms with E-state index in [9.17, 15) is 9.59 Å². The van der Waals surface area contributed by atoms with Crippen molar-refractivity contribution in [2.45, 2.75) is 44.7 Å². The van der Waals surface area contributed by atoms with Crippen LogP contribution in [0.4, 0.5) is 4.79 Å². The first-order chi connectivity index (χ1) is 9.99. The summed E-state index contributed by atoms with van der Waals surface area (Å²) in [4.78, 5) is 28.2. The van der Waals surface area contributed by atoms with Crippen molar-refractivity contribution >= 4 is 23.3 Å². The molecule has 0 aliphatic carbocycles. The highest BCUT2D eigenvalue weighted by molar-refractivity contribution is 7.09. The Balaban J connectivity index is 1.95. The minimum atomic E-state index is -0.839. The van der Waals surface area contributed by atoms with Gasteiger partial charge in [0.15, 0.2) is 0 Å². The van der Waals surface area contributed by atoms with Crippen molar-refractivity contribution in [1.29, 1.82) is 0 Å². The van der Waals surface area contributed by atoms with Crippen LogP contribution in [0.3, 0.4) is 0 Å². The van der Waals surface area contributed by atoms with Gasteiger partial charge in [0.1, 0.15) is 0 Å². The highest BCUT2D eigenvalue weighted by Crippen LogP contribution is 2.23. The normalized spacial score (nSPS) is 19.5. The lowest BCUT2D eigenvalue weighted by molar-refractivity contribution is -0.138. The largest absolute Gasteiger partial charge is 0.481 e. The molecule has 2 rings (SSSR count). The van der Waals surface area contributed by atoms with Gasteiger partial charge in [-0.25, -0.2) is 4.79 Å². The number of hydrogen-bond acceptors (Lipinski definition) is 3. The first kappa shape index (κ1) is 15.8. The molecule has 21 heavy (non-hydrogen) atoms. The van der Waals surface area contributed by atoms with Crippen LogP contribution in [-0.2, 0) is 11.2 Å². The number of likely N-dealkylation sites (N-methyl/N-ethyl adjacent to an activating group) is 1. The van der Waals surface area contributed by atoms with E-state index in [0.717, 1.165) is 19.3 Å². The summed E-state index contributed by atoms with van der Waals surface area (Å²) in [6.45, 7) is 2.69. The molecule has 0 aromatic carbocycles.